The quantitative estimate of drug-likeness (QED) is 0.776. The van der Waals surface area contributed by atoms with Crippen LogP contribution in [0.1, 0.15) is 33.6 Å². The van der Waals surface area contributed by atoms with Crippen LogP contribution in [-0.2, 0) is 11.2 Å². The second-order valence-electron chi connectivity index (χ2n) is 5.18. The number of carbonyl (C=O) groups excluding carboxylic acids is 1. The fourth-order valence-electron chi connectivity index (χ4n) is 2.10. The van der Waals surface area contributed by atoms with Crippen LogP contribution in [-0.4, -0.2) is 27.2 Å². The molecule has 1 heterocycles. The van der Waals surface area contributed by atoms with Gasteiger partial charge in [-0.3, -0.25) is 14.4 Å². The zero-order valence-corrected chi connectivity index (χ0v) is 12.8. The summed E-state index contributed by atoms with van der Waals surface area (Å²) in [6, 6.07) is 6.83. The summed E-state index contributed by atoms with van der Waals surface area (Å²) in [6.45, 7) is 3.38. The predicted octanol–water partition coefficient (Wildman–Crippen LogP) is 1.66. The molecule has 2 rings (SSSR count). The second-order valence-corrected chi connectivity index (χ2v) is 5.18. The Labute approximate surface area is 132 Å². The van der Waals surface area contributed by atoms with Crippen molar-refractivity contribution >= 4 is 17.6 Å². The second kappa shape index (κ2) is 6.87. The Hall–Kier alpha value is -2.96. The lowest BCUT2D eigenvalue weighted by atomic mass is 10.1. The first-order chi connectivity index (χ1) is 10.9. The SMILES string of the molecule is Cc1n[nH]c(=O)c(C(=O)Nc2ccc(CCC(=O)O)cc2)c1C. The highest BCUT2D eigenvalue weighted by Crippen LogP contribution is 2.13. The molecule has 0 saturated carbocycles. The Kier molecular flexibility index (Phi) is 4.90. The van der Waals surface area contributed by atoms with Gasteiger partial charge in [0.15, 0.2) is 0 Å². The van der Waals surface area contributed by atoms with E-state index in [1.807, 2.05) is 0 Å². The number of hydrogen-bond acceptors (Lipinski definition) is 4. The van der Waals surface area contributed by atoms with Crippen LogP contribution in [0, 0.1) is 13.8 Å². The van der Waals surface area contributed by atoms with E-state index in [0.29, 0.717) is 23.4 Å². The predicted molar refractivity (Wildman–Crippen MR) is 84.7 cm³/mol. The molecule has 1 aromatic carbocycles. The van der Waals surface area contributed by atoms with Crippen molar-refractivity contribution in [2.24, 2.45) is 0 Å². The van der Waals surface area contributed by atoms with Gasteiger partial charge < -0.3 is 10.4 Å². The Morgan fingerprint density at radius 1 is 1.22 bits per heavy atom. The number of carboxylic acid groups (broad SMARTS) is 1. The molecule has 0 atom stereocenters. The standard InChI is InChI=1S/C16H17N3O4/c1-9-10(2)18-19-16(23)14(9)15(22)17-12-6-3-11(4-7-12)5-8-13(20)21/h3-4,6-7H,5,8H2,1-2H3,(H,17,22)(H,19,23)(H,20,21). The summed E-state index contributed by atoms with van der Waals surface area (Å²) < 4.78 is 0. The van der Waals surface area contributed by atoms with Gasteiger partial charge in [-0.1, -0.05) is 12.1 Å². The van der Waals surface area contributed by atoms with E-state index in [-0.39, 0.29) is 12.0 Å². The van der Waals surface area contributed by atoms with Crippen LogP contribution < -0.4 is 10.9 Å². The lowest BCUT2D eigenvalue weighted by molar-refractivity contribution is -0.136. The average Bonchev–Trinajstić information content (AvgIpc) is 2.50. The minimum absolute atomic E-state index is 0.0347. The summed E-state index contributed by atoms with van der Waals surface area (Å²) >= 11 is 0. The number of amides is 1. The van der Waals surface area contributed by atoms with Crippen molar-refractivity contribution in [3.8, 4) is 0 Å². The van der Waals surface area contributed by atoms with Crippen molar-refractivity contribution in [3.05, 3.63) is 57.0 Å². The van der Waals surface area contributed by atoms with Gasteiger partial charge in [-0.15, -0.1) is 0 Å². The maximum atomic E-state index is 12.3. The van der Waals surface area contributed by atoms with E-state index in [0.717, 1.165) is 5.56 Å². The van der Waals surface area contributed by atoms with Crippen molar-refractivity contribution in [2.75, 3.05) is 5.32 Å². The molecule has 7 heteroatoms. The molecule has 0 bridgehead atoms. The summed E-state index contributed by atoms with van der Waals surface area (Å²) in [5, 5.41) is 17.4. The van der Waals surface area contributed by atoms with E-state index in [2.05, 4.69) is 15.5 Å². The highest BCUT2D eigenvalue weighted by atomic mass is 16.4. The topological polar surface area (TPSA) is 112 Å². The first-order valence-corrected chi connectivity index (χ1v) is 7.06. The van der Waals surface area contributed by atoms with Gasteiger partial charge in [0.1, 0.15) is 5.56 Å². The summed E-state index contributed by atoms with van der Waals surface area (Å²) in [6.07, 6.45) is 0.475. The molecule has 23 heavy (non-hydrogen) atoms. The van der Waals surface area contributed by atoms with Gasteiger partial charge in [-0.2, -0.15) is 5.10 Å². The monoisotopic (exact) mass is 315 g/mol. The van der Waals surface area contributed by atoms with E-state index in [9.17, 15) is 14.4 Å². The number of hydrogen-bond donors (Lipinski definition) is 3. The fraction of sp³-hybridized carbons (Fsp3) is 0.250. The van der Waals surface area contributed by atoms with E-state index in [1.165, 1.54) is 0 Å². The molecule has 2 aromatic rings. The van der Waals surface area contributed by atoms with E-state index in [1.54, 1.807) is 38.1 Å². The number of aliphatic carboxylic acids is 1. The Morgan fingerprint density at radius 3 is 2.48 bits per heavy atom. The van der Waals surface area contributed by atoms with Crippen LogP contribution >= 0.6 is 0 Å². The zero-order chi connectivity index (χ0) is 17.0. The molecule has 120 valence electrons. The molecule has 1 amide bonds. The summed E-state index contributed by atoms with van der Waals surface area (Å²) in [5.74, 6) is -1.36. The normalized spacial score (nSPS) is 10.3. The third kappa shape index (κ3) is 4.03. The number of H-pyrrole nitrogens is 1. The molecule has 7 nitrogen and oxygen atoms in total. The van der Waals surface area contributed by atoms with Crippen LogP contribution in [0.5, 0.6) is 0 Å². The highest BCUT2D eigenvalue weighted by Gasteiger charge is 2.16. The summed E-state index contributed by atoms with van der Waals surface area (Å²) in [4.78, 5) is 34.6. The van der Waals surface area contributed by atoms with Gasteiger partial charge in [0.2, 0.25) is 0 Å². The van der Waals surface area contributed by atoms with Crippen LogP contribution in [0.25, 0.3) is 0 Å². The van der Waals surface area contributed by atoms with Crippen molar-refractivity contribution in [1.82, 2.24) is 10.2 Å². The molecular weight excluding hydrogens is 298 g/mol. The number of carbonyl (C=O) groups is 2. The lowest BCUT2D eigenvalue weighted by Crippen LogP contribution is -2.26. The molecule has 0 spiro atoms. The van der Waals surface area contributed by atoms with Crippen LogP contribution in [0.2, 0.25) is 0 Å². The van der Waals surface area contributed by atoms with Crippen LogP contribution in [0.3, 0.4) is 0 Å². The number of benzene rings is 1. The molecule has 0 fully saturated rings. The zero-order valence-electron chi connectivity index (χ0n) is 12.8. The minimum Gasteiger partial charge on any atom is -0.481 e. The fourth-order valence-corrected chi connectivity index (χ4v) is 2.10. The summed E-state index contributed by atoms with van der Waals surface area (Å²) in [5.41, 5.74) is 2.00. The molecule has 0 unspecified atom stereocenters. The van der Waals surface area contributed by atoms with Crippen molar-refractivity contribution < 1.29 is 14.7 Å². The van der Waals surface area contributed by atoms with Crippen molar-refractivity contribution in [3.63, 3.8) is 0 Å². The number of anilines is 1. The third-order valence-electron chi connectivity index (χ3n) is 3.54. The maximum absolute atomic E-state index is 12.3. The third-order valence-corrected chi connectivity index (χ3v) is 3.54. The molecule has 3 N–H and O–H groups in total. The van der Waals surface area contributed by atoms with E-state index >= 15 is 0 Å². The number of aromatic nitrogens is 2. The Morgan fingerprint density at radius 2 is 1.87 bits per heavy atom. The number of carboxylic acids is 1. The minimum atomic E-state index is -0.856. The first-order valence-electron chi connectivity index (χ1n) is 7.06. The highest BCUT2D eigenvalue weighted by molar-refractivity contribution is 6.05. The molecule has 1 aromatic heterocycles. The Bertz CT molecular complexity index is 794. The number of aryl methyl sites for hydroxylation is 2. The molecule has 0 radical (unpaired) electrons. The summed E-state index contributed by atoms with van der Waals surface area (Å²) in [7, 11) is 0. The number of nitrogens with one attached hydrogen (secondary N) is 2. The van der Waals surface area contributed by atoms with Crippen molar-refractivity contribution in [2.45, 2.75) is 26.7 Å². The van der Waals surface area contributed by atoms with Gasteiger partial charge >= 0.3 is 5.97 Å². The van der Waals surface area contributed by atoms with Gasteiger partial charge in [0, 0.05) is 12.1 Å². The number of aromatic amines is 1. The first kappa shape index (κ1) is 16.4. The molecule has 0 aliphatic heterocycles. The van der Waals surface area contributed by atoms with Crippen molar-refractivity contribution in [1.29, 1.82) is 0 Å². The van der Waals surface area contributed by atoms with Gasteiger partial charge in [0.05, 0.1) is 5.69 Å². The molecule has 0 aliphatic carbocycles. The molecule has 0 aliphatic rings. The molecule has 0 saturated heterocycles. The lowest BCUT2D eigenvalue weighted by Gasteiger charge is -2.08. The maximum Gasteiger partial charge on any atom is 0.303 e. The largest absolute Gasteiger partial charge is 0.481 e. The van der Waals surface area contributed by atoms with Crippen LogP contribution in [0.4, 0.5) is 5.69 Å². The van der Waals surface area contributed by atoms with Crippen LogP contribution in [0.15, 0.2) is 29.1 Å². The smallest absolute Gasteiger partial charge is 0.303 e. The van der Waals surface area contributed by atoms with Gasteiger partial charge in [0.25, 0.3) is 11.5 Å². The van der Waals surface area contributed by atoms with Gasteiger partial charge in [-0.05, 0) is 43.5 Å². The van der Waals surface area contributed by atoms with E-state index in [4.69, 9.17) is 5.11 Å². The Balaban J connectivity index is 2.13. The number of rotatable bonds is 5. The van der Waals surface area contributed by atoms with Gasteiger partial charge in [-0.25, -0.2) is 5.10 Å². The average molecular weight is 315 g/mol. The number of nitrogens with zero attached hydrogens (tertiary/aromatic N) is 1. The molecular formula is C16H17N3O4. The van der Waals surface area contributed by atoms with E-state index < -0.39 is 17.4 Å².